The monoisotopic (exact) mass is 554 g/mol. The summed E-state index contributed by atoms with van der Waals surface area (Å²) in [7, 11) is 0. The third kappa shape index (κ3) is 6.03. The van der Waals surface area contributed by atoms with Gasteiger partial charge in [0.2, 0.25) is 0 Å². The number of alkyl halides is 6. The van der Waals surface area contributed by atoms with Crippen LogP contribution in [0, 0.1) is 23.2 Å². The number of aliphatic hydroxyl groups excluding tert-OH is 3. The van der Waals surface area contributed by atoms with Crippen LogP contribution in [0.3, 0.4) is 0 Å². The van der Waals surface area contributed by atoms with Crippen LogP contribution in [0.2, 0.25) is 0 Å². The van der Waals surface area contributed by atoms with Crippen LogP contribution in [0.5, 0.6) is 0 Å². The van der Waals surface area contributed by atoms with Crippen LogP contribution >= 0.6 is 0 Å². The van der Waals surface area contributed by atoms with E-state index in [1.807, 2.05) is 12.2 Å². The zero-order valence-electron chi connectivity index (χ0n) is 22.0. The first kappa shape index (κ1) is 31.2. The maximum atomic E-state index is 13.0. The predicted molar refractivity (Wildman–Crippen MR) is 131 cm³/mol. The molecule has 0 heterocycles. The van der Waals surface area contributed by atoms with Crippen LogP contribution < -0.4 is 0 Å². The van der Waals surface area contributed by atoms with Gasteiger partial charge in [-0.15, -0.1) is 0 Å². The highest BCUT2D eigenvalue weighted by Gasteiger charge is 2.69. The highest BCUT2D eigenvalue weighted by Crippen LogP contribution is 2.60. The van der Waals surface area contributed by atoms with Crippen LogP contribution in [0.1, 0.15) is 78.1 Å². The molecule has 0 amide bonds. The van der Waals surface area contributed by atoms with Crippen LogP contribution in [-0.4, -0.2) is 56.7 Å². The predicted octanol–water partition coefficient (Wildman–Crippen LogP) is 6.15. The average molecular weight is 555 g/mol. The van der Waals surface area contributed by atoms with Crippen molar-refractivity contribution < 1.29 is 46.8 Å². The smallest absolute Gasteiger partial charge is 0.393 e. The molecule has 0 saturated heterocycles. The van der Waals surface area contributed by atoms with Crippen molar-refractivity contribution >= 4 is 0 Å². The SMILES string of the molecule is C=C1/C(=C\C=C2/CCC[C@]3(C)[C@@H]([C@H](C)[C@@H](O)CCCC(O)(C(F)(F)F)C(F)(F)F)CC[C@@H]23)C[C@@H](O)C[C@@H]1O. The lowest BCUT2D eigenvalue weighted by Gasteiger charge is -2.45. The minimum absolute atomic E-state index is 0.0382. The quantitative estimate of drug-likeness (QED) is 0.285. The maximum absolute atomic E-state index is 13.0. The molecule has 3 aliphatic carbocycles. The molecule has 0 aliphatic heterocycles. The molecule has 10 heteroatoms. The van der Waals surface area contributed by atoms with Gasteiger partial charge in [0.05, 0.1) is 18.3 Å². The molecule has 0 aromatic heterocycles. The number of aliphatic hydroxyl groups is 4. The highest BCUT2D eigenvalue weighted by atomic mass is 19.4. The number of fused-ring (bicyclic) bond motifs is 1. The third-order valence-corrected chi connectivity index (χ3v) is 9.52. The maximum Gasteiger partial charge on any atom is 0.426 e. The van der Waals surface area contributed by atoms with Gasteiger partial charge in [0, 0.05) is 6.42 Å². The molecule has 3 aliphatic rings. The molecule has 7 atom stereocenters. The van der Waals surface area contributed by atoms with Gasteiger partial charge in [0.1, 0.15) is 0 Å². The van der Waals surface area contributed by atoms with Crippen molar-refractivity contribution in [2.45, 2.75) is 114 Å². The zero-order chi connectivity index (χ0) is 28.7. The first-order valence-corrected chi connectivity index (χ1v) is 13.4. The molecule has 3 saturated carbocycles. The van der Waals surface area contributed by atoms with E-state index in [1.54, 1.807) is 6.92 Å². The minimum atomic E-state index is -5.85. The molecule has 0 spiro atoms. The lowest BCUT2D eigenvalue weighted by atomic mass is 9.60. The summed E-state index contributed by atoms with van der Waals surface area (Å²) in [5, 5.41) is 40.3. The summed E-state index contributed by atoms with van der Waals surface area (Å²) in [5.74, 6) is -0.0766. The Morgan fingerprint density at radius 2 is 1.71 bits per heavy atom. The molecule has 4 nitrogen and oxygen atoms in total. The van der Waals surface area contributed by atoms with Crippen molar-refractivity contribution in [1.82, 2.24) is 0 Å². The number of hydrogen-bond acceptors (Lipinski definition) is 4. The van der Waals surface area contributed by atoms with Gasteiger partial charge < -0.3 is 20.4 Å². The van der Waals surface area contributed by atoms with Crippen molar-refractivity contribution in [2.24, 2.45) is 23.2 Å². The number of hydrogen-bond donors (Lipinski definition) is 4. The molecular weight excluding hydrogens is 514 g/mol. The zero-order valence-corrected chi connectivity index (χ0v) is 22.0. The molecule has 3 rings (SSSR count). The van der Waals surface area contributed by atoms with Crippen LogP contribution in [0.15, 0.2) is 35.5 Å². The van der Waals surface area contributed by atoms with Crippen molar-refractivity contribution in [1.29, 1.82) is 0 Å². The molecular formula is C28H40F6O4. The highest BCUT2D eigenvalue weighted by molar-refractivity contribution is 5.38. The number of halogens is 6. The molecule has 4 N–H and O–H groups in total. The van der Waals surface area contributed by atoms with E-state index in [-0.39, 0.29) is 36.0 Å². The van der Waals surface area contributed by atoms with Gasteiger partial charge in [-0.3, -0.25) is 0 Å². The van der Waals surface area contributed by atoms with E-state index in [0.717, 1.165) is 37.7 Å². The van der Waals surface area contributed by atoms with E-state index in [2.05, 4.69) is 13.5 Å². The Bertz CT molecular complexity index is 909. The second-order valence-electron chi connectivity index (χ2n) is 11.8. The van der Waals surface area contributed by atoms with E-state index < -0.39 is 49.1 Å². The fraction of sp³-hybridized carbons (Fsp3) is 0.786. The van der Waals surface area contributed by atoms with E-state index >= 15 is 0 Å². The van der Waals surface area contributed by atoms with Gasteiger partial charge in [-0.25, -0.2) is 0 Å². The molecule has 0 aromatic carbocycles. The topological polar surface area (TPSA) is 80.9 Å². The number of allylic oxidation sites excluding steroid dienone is 3. The van der Waals surface area contributed by atoms with Crippen molar-refractivity contribution in [2.75, 3.05) is 0 Å². The summed E-state index contributed by atoms with van der Waals surface area (Å²) in [6.07, 6.45) is -7.63. The van der Waals surface area contributed by atoms with Crippen LogP contribution in [0.4, 0.5) is 26.3 Å². The average Bonchev–Trinajstić information content (AvgIpc) is 3.15. The van der Waals surface area contributed by atoms with Crippen molar-refractivity contribution in [3.8, 4) is 0 Å². The van der Waals surface area contributed by atoms with Gasteiger partial charge in [0.25, 0.3) is 5.60 Å². The van der Waals surface area contributed by atoms with Crippen molar-refractivity contribution in [3.63, 3.8) is 0 Å². The second-order valence-corrected chi connectivity index (χ2v) is 11.8. The Morgan fingerprint density at radius 3 is 2.32 bits per heavy atom. The summed E-state index contributed by atoms with van der Waals surface area (Å²) < 4.78 is 77.8. The fourth-order valence-corrected chi connectivity index (χ4v) is 7.15. The van der Waals surface area contributed by atoms with E-state index in [4.69, 9.17) is 0 Å². The summed E-state index contributed by atoms with van der Waals surface area (Å²) in [5.41, 5.74) is -2.31. The molecule has 0 bridgehead atoms. The second kappa shape index (κ2) is 11.3. The van der Waals surface area contributed by atoms with E-state index in [9.17, 15) is 46.8 Å². The molecule has 0 aromatic rings. The minimum Gasteiger partial charge on any atom is -0.393 e. The first-order chi connectivity index (χ1) is 17.4. The normalized spacial score (nSPS) is 35.0. The number of rotatable bonds is 7. The Morgan fingerprint density at radius 1 is 1.08 bits per heavy atom. The van der Waals surface area contributed by atoms with Gasteiger partial charge in [0.15, 0.2) is 0 Å². The Hall–Kier alpha value is -1.36. The Labute approximate surface area is 220 Å². The fourth-order valence-electron chi connectivity index (χ4n) is 7.15. The summed E-state index contributed by atoms with van der Waals surface area (Å²) >= 11 is 0. The summed E-state index contributed by atoms with van der Waals surface area (Å²) in [6.45, 7) is 7.90. The molecule has 0 unspecified atom stereocenters. The Kier molecular flexibility index (Phi) is 9.23. The summed E-state index contributed by atoms with van der Waals surface area (Å²) in [4.78, 5) is 0. The molecule has 38 heavy (non-hydrogen) atoms. The van der Waals surface area contributed by atoms with E-state index in [0.29, 0.717) is 12.0 Å². The van der Waals surface area contributed by atoms with Gasteiger partial charge >= 0.3 is 12.4 Å². The van der Waals surface area contributed by atoms with Crippen molar-refractivity contribution in [3.05, 3.63) is 35.5 Å². The van der Waals surface area contributed by atoms with Gasteiger partial charge in [-0.05, 0) is 92.1 Å². The van der Waals surface area contributed by atoms with Crippen LogP contribution in [0.25, 0.3) is 0 Å². The van der Waals surface area contributed by atoms with Gasteiger partial charge in [-0.1, -0.05) is 38.2 Å². The first-order valence-electron chi connectivity index (χ1n) is 13.4. The largest absolute Gasteiger partial charge is 0.426 e. The summed E-state index contributed by atoms with van der Waals surface area (Å²) in [6, 6.07) is 0. The Balaban J connectivity index is 1.68. The molecule has 218 valence electrons. The van der Waals surface area contributed by atoms with E-state index in [1.165, 1.54) is 5.57 Å². The van der Waals surface area contributed by atoms with Gasteiger partial charge in [-0.2, -0.15) is 26.3 Å². The lowest BCUT2D eigenvalue weighted by Crippen LogP contribution is -2.56. The lowest BCUT2D eigenvalue weighted by molar-refractivity contribution is -0.370. The standard InChI is InChI=1S/C28H40F6O4/c1-16-19(14-20(35)15-24(16)37)9-8-18-6-4-12-25(3)21(10-11-22(18)25)17(2)23(36)7-5-13-26(38,27(29,30)31)28(32,33)34/h8-9,17,20-24,35-38H,1,4-7,10-15H2,2-3H3/b18-8+,19-9-/t17-,20+,21+,22-,23-,24-,25+/m0/s1. The third-order valence-electron chi connectivity index (χ3n) is 9.52. The molecule has 3 fully saturated rings. The molecule has 0 radical (unpaired) electrons. The van der Waals surface area contributed by atoms with Crippen LogP contribution in [-0.2, 0) is 0 Å².